The number of amides is 1. The van der Waals surface area contributed by atoms with Crippen molar-refractivity contribution in [2.75, 3.05) is 20.1 Å². The Kier molecular flexibility index (Phi) is 3.47. The van der Waals surface area contributed by atoms with Crippen LogP contribution in [0.25, 0.3) is 0 Å². The van der Waals surface area contributed by atoms with Crippen LogP contribution in [-0.2, 0) is 6.42 Å². The Morgan fingerprint density at radius 3 is 3.00 bits per heavy atom. The van der Waals surface area contributed by atoms with E-state index in [4.69, 9.17) is 4.52 Å². The number of hydrogen-bond acceptors (Lipinski definition) is 4. The number of nitrogens with zero attached hydrogens (tertiary/aromatic N) is 2. The van der Waals surface area contributed by atoms with Gasteiger partial charge < -0.3 is 14.7 Å². The number of carbonyl (C=O) groups excluding carboxylic acids is 1. The first kappa shape index (κ1) is 12.1. The number of nitrogens with one attached hydrogen (secondary N) is 1. The Labute approximate surface area is 101 Å². The summed E-state index contributed by atoms with van der Waals surface area (Å²) in [6, 6.07) is 0.407. The summed E-state index contributed by atoms with van der Waals surface area (Å²) in [5.41, 5.74) is 1.42. The zero-order chi connectivity index (χ0) is 12.4. The van der Waals surface area contributed by atoms with Crippen molar-refractivity contribution in [2.24, 2.45) is 0 Å². The lowest BCUT2D eigenvalue weighted by Gasteiger charge is -2.16. The van der Waals surface area contributed by atoms with Crippen LogP contribution in [0.3, 0.4) is 0 Å². The van der Waals surface area contributed by atoms with E-state index in [1.165, 1.54) is 0 Å². The average molecular weight is 237 g/mol. The Balaban J connectivity index is 2.17. The summed E-state index contributed by atoms with van der Waals surface area (Å²) in [5, 5.41) is 7.13. The number of aryl methyl sites for hydroxylation is 2. The van der Waals surface area contributed by atoms with E-state index in [1.54, 1.807) is 6.92 Å². The van der Waals surface area contributed by atoms with Crippen molar-refractivity contribution in [3.63, 3.8) is 0 Å². The van der Waals surface area contributed by atoms with Crippen LogP contribution in [-0.4, -0.2) is 42.1 Å². The molecule has 0 radical (unpaired) electrons. The number of carbonyl (C=O) groups is 1. The minimum atomic E-state index is 0.0540. The predicted molar refractivity (Wildman–Crippen MR) is 64.0 cm³/mol. The largest absolute Gasteiger partial charge is 0.361 e. The Hall–Kier alpha value is -1.36. The van der Waals surface area contributed by atoms with E-state index >= 15 is 0 Å². The van der Waals surface area contributed by atoms with Crippen LogP contribution in [0.1, 0.15) is 35.2 Å². The first-order valence-corrected chi connectivity index (χ1v) is 6.09. The zero-order valence-electron chi connectivity index (χ0n) is 10.6. The Bertz CT molecular complexity index is 414. The van der Waals surface area contributed by atoms with Crippen molar-refractivity contribution in [3.8, 4) is 0 Å². The second kappa shape index (κ2) is 4.87. The molecule has 1 amide bonds. The van der Waals surface area contributed by atoms with Gasteiger partial charge in [0.1, 0.15) is 11.3 Å². The number of aromatic nitrogens is 1. The molecule has 0 bridgehead atoms. The van der Waals surface area contributed by atoms with Crippen LogP contribution in [0.4, 0.5) is 0 Å². The van der Waals surface area contributed by atoms with Gasteiger partial charge in [-0.05, 0) is 26.8 Å². The van der Waals surface area contributed by atoms with E-state index in [2.05, 4.69) is 10.5 Å². The molecule has 1 N–H and O–H groups in total. The van der Waals surface area contributed by atoms with Gasteiger partial charge in [-0.25, -0.2) is 0 Å². The molecule has 0 aliphatic carbocycles. The summed E-state index contributed by atoms with van der Waals surface area (Å²) >= 11 is 0. The zero-order valence-corrected chi connectivity index (χ0v) is 10.6. The van der Waals surface area contributed by atoms with E-state index in [-0.39, 0.29) is 5.91 Å². The second-order valence-electron chi connectivity index (χ2n) is 4.44. The third kappa shape index (κ3) is 2.20. The lowest BCUT2D eigenvalue weighted by Crippen LogP contribution is -2.34. The fourth-order valence-corrected chi connectivity index (χ4v) is 2.27. The van der Waals surface area contributed by atoms with Crippen molar-refractivity contribution in [3.05, 3.63) is 17.0 Å². The maximum atomic E-state index is 12.4. The van der Waals surface area contributed by atoms with Gasteiger partial charge in [0.05, 0.1) is 5.69 Å². The highest BCUT2D eigenvalue weighted by atomic mass is 16.5. The molecule has 1 aromatic rings. The number of rotatable bonds is 3. The molecule has 94 valence electrons. The second-order valence-corrected chi connectivity index (χ2v) is 4.44. The monoisotopic (exact) mass is 237 g/mol. The minimum absolute atomic E-state index is 0.0540. The summed E-state index contributed by atoms with van der Waals surface area (Å²) in [5.74, 6) is 0.679. The van der Waals surface area contributed by atoms with Crippen LogP contribution in [0.15, 0.2) is 4.52 Å². The molecule has 1 aromatic heterocycles. The highest BCUT2D eigenvalue weighted by molar-refractivity contribution is 5.96. The molecule has 0 spiro atoms. The third-order valence-corrected chi connectivity index (χ3v) is 3.37. The van der Waals surface area contributed by atoms with Gasteiger partial charge in [0, 0.05) is 19.1 Å². The van der Waals surface area contributed by atoms with Crippen LogP contribution in [0.5, 0.6) is 0 Å². The van der Waals surface area contributed by atoms with E-state index in [1.807, 2.05) is 18.9 Å². The maximum absolute atomic E-state index is 12.4. The molecule has 17 heavy (non-hydrogen) atoms. The van der Waals surface area contributed by atoms with E-state index in [0.717, 1.165) is 31.6 Å². The van der Waals surface area contributed by atoms with Crippen LogP contribution in [0.2, 0.25) is 0 Å². The summed E-state index contributed by atoms with van der Waals surface area (Å²) in [6.07, 6.45) is 1.73. The van der Waals surface area contributed by atoms with Gasteiger partial charge in [0.2, 0.25) is 0 Å². The summed E-state index contributed by atoms with van der Waals surface area (Å²) in [4.78, 5) is 14.2. The summed E-state index contributed by atoms with van der Waals surface area (Å²) in [6.45, 7) is 5.35. The van der Waals surface area contributed by atoms with Crippen molar-refractivity contribution in [1.29, 1.82) is 0 Å². The summed E-state index contributed by atoms with van der Waals surface area (Å²) in [7, 11) is 1.93. The van der Waals surface area contributed by atoms with Crippen molar-refractivity contribution in [2.45, 2.75) is 32.7 Å². The van der Waals surface area contributed by atoms with Gasteiger partial charge in [-0.2, -0.15) is 0 Å². The fourth-order valence-electron chi connectivity index (χ4n) is 2.27. The fraction of sp³-hybridized carbons (Fsp3) is 0.667. The number of likely N-dealkylation sites (N-methyl/N-ethyl adjacent to an activating group) is 1. The quantitative estimate of drug-likeness (QED) is 0.851. The molecule has 5 nitrogen and oxygen atoms in total. The summed E-state index contributed by atoms with van der Waals surface area (Å²) < 4.78 is 5.11. The molecule has 1 aliphatic heterocycles. The minimum Gasteiger partial charge on any atom is -0.361 e. The molecule has 1 aliphatic rings. The first-order chi connectivity index (χ1) is 8.17. The molecule has 0 unspecified atom stereocenters. The molecule has 1 fully saturated rings. The van der Waals surface area contributed by atoms with Gasteiger partial charge in [0.15, 0.2) is 0 Å². The van der Waals surface area contributed by atoms with Crippen LogP contribution < -0.4 is 5.32 Å². The molecule has 1 atom stereocenters. The van der Waals surface area contributed by atoms with E-state index < -0.39 is 0 Å². The van der Waals surface area contributed by atoms with Gasteiger partial charge in [0.25, 0.3) is 5.91 Å². The van der Waals surface area contributed by atoms with Gasteiger partial charge in [-0.1, -0.05) is 12.1 Å². The third-order valence-electron chi connectivity index (χ3n) is 3.37. The first-order valence-electron chi connectivity index (χ1n) is 6.09. The predicted octanol–water partition coefficient (Wildman–Crippen LogP) is 0.979. The smallest absolute Gasteiger partial charge is 0.259 e. The molecular formula is C12H19N3O2. The van der Waals surface area contributed by atoms with Gasteiger partial charge >= 0.3 is 0 Å². The van der Waals surface area contributed by atoms with Crippen molar-refractivity contribution >= 4 is 5.91 Å². The molecule has 0 saturated carbocycles. The molecule has 0 aromatic carbocycles. The Morgan fingerprint density at radius 2 is 2.41 bits per heavy atom. The lowest BCUT2D eigenvalue weighted by molar-refractivity contribution is 0.0787. The van der Waals surface area contributed by atoms with Crippen molar-refractivity contribution < 1.29 is 9.32 Å². The van der Waals surface area contributed by atoms with Gasteiger partial charge in [-0.15, -0.1) is 0 Å². The molecule has 2 rings (SSSR count). The number of hydrogen-bond donors (Lipinski definition) is 1. The molecule has 2 heterocycles. The molecule has 5 heteroatoms. The molecule has 1 saturated heterocycles. The molecular weight excluding hydrogens is 218 g/mol. The SMILES string of the molecule is CCc1noc(C)c1C(=O)N1CC[C@H](NC)C1. The Morgan fingerprint density at radius 1 is 1.65 bits per heavy atom. The number of likely N-dealkylation sites (tertiary alicyclic amines) is 1. The maximum Gasteiger partial charge on any atom is 0.259 e. The highest BCUT2D eigenvalue weighted by Crippen LogP contribution is 2.19. The standard InChI is InChI=1S/C12H19N3O2/c1-4-10-11(8(2)17-14-10)12(16)15-6-5-9(7-15)13-3/h9,13H,4-7H2,1-3H3/t9-/m0/s1. The average Bonchev–Trinajstić information content (AvgIpc) is 2.94. The van der Waals surface area contributed by atoms with Crippen LogP contribution in [0, 0.1) is 6.92 Å². The van der Waals surface area contributed by atoms with Crippen molar-refractivity contribution in [1.82, 2.24) is 15.4 Å². The van der Waals surface area contributed by atoms with Crippen LogP contribution >= 0.6 is 0 Å². The highest BCUT2D eigenvalue weighted by Gasteiger charge is 2.29. The topological polar surface area (TPSA) is 58.4 Å². The van der Waals surface area contributed by atoms with Gasteiger partial charge in [-0.3, -0.25) is 4.79 Å². The van der Waals surface area contributed by atoms with E-state index in [0.29, 0.717) is 17.4 Å². The normalized spacial score (nSPS) is 19.9. The van der Waals surface area contributed by atoms with E-state index in [9.17, 15) is 4.79 Å². The lowest BCUT2D eigenvalue weighted by atomic mass is 10.1.